The van der Waals surface area contributed by atoms with Crippen LogP contribution in [0.25, 0.3) is 0 Å². The second-order valence-electron chi connectivity index (χ2n) is 8.20. The molecule has 2 aliphatic rings. The van der Waals surface area contributed by atoms with Gasteiger partial charge in [0.1, 0.15) is 24.9 Å². The number of rotatable bonds is 4. The fourth-order valence-corrected chi connectivity index (χ4v) is 4.16. The summed E-state index contributed by atoms with van der Waals surface area (Å²) in [5.41, 5.74) is 5.94. The number of nitrogens with zero attached hydrogens (tertiary/aromatic N) is 1. The molecule has 2 N–H and O–H groups in total. The van der Waals surface area contributed by atoms with E-state index in [2.05, 4.69) is 0 Å². The van der Waals surface area contributed by atoms with Crippen molar-refractivity contribution in [2.75, 3.05) is 20.3 Å². The molecular formula is C20H26N2O5. The van der Waals surface area contributed by atoms with Gasteiger partial charge in [-0.15, -0.1) is 0 Å². The van der Waals surface area contributed by atoms with Gasteiger partial charge < -0.3 is 20.1 Å². The van der Waals surface area contributed by atoms with Crippen molar-refractivity contribution in [3.8, 4) is 0 Å². The fraction of sp³-hybridized carbons (Fsp3) is 0.550. The van der Waals surface area contributed by atoms with Crippen LogP contribution in [-0.4, -0.2) is 61.0 Å². The summed E-state index contributed by atoms with van der Waals surface area (Å²) >= 11 is 0. The Morgan fingerprint density at radius 2 is 1.96 bits per heavy atom. The molecule has 2 amide bonds. The topological polar surface area (TPSA) is 98.9 Å². The third-order valence-corrected chi connectivity index (χ3v) is 5.37. The van der Waals surface area contributed by atoms with Gasteiger partial charge in [0.05, 0.1) is 12.5 Å². The zero-order valence-corrected chi connectivity index (χ0v) is 16.1. The molecule has 1 aromatic rings. The first-order valence-electron chi connectivity index (χ1n) is 9.03. The molecule has 0 saturated carbocycles. The van der Waals surface area contributed by atoms with Gasteiger partial charge in [-0.05, 0) is 17.0 Å². The van der Waals surface area contributed by atoms with Crippen LogP contribution in [0.1, 0.15) is 42.6 Å². The van der Waals surface area contributed by atoms with Crippen molar-refractivity contribution in [3.63, 3.8) is 0 Å². The summed E-state index contributed by atoms with van der Waals surface area (Å²) in [5, 5.41) is 0. The highest BCUT2D eigenvalue weighted by atomic mass is 16.5. The molecule has 0 bridgehead atoms. The van der Waals surface area contributed by atoms with E-state index < -0.39 is 29.4 Å². The summed E-state index contributed by atoms with van der Waals surface area (Å²) in [6.45, 7) is 6.06. The predicted octanol–water partition coefficient (Wildman–Crippen LogP) is 1.11. The number of nitrogens with two attached hydrogens (primary N) is 1. The minimum atomic E-state index is -0.645. The number of likely N-dealkylation sites (tertiary alicyclic amines) is 1. The monoisotopic (exact) mass is 374 g/mol. The third-order valence-electron chi connectivity index (χ3n) is 5.37. The van der Waals surface area contributed by atoms with Gasteiger partial charge in [0.25, 0.3) is 0 Å². The van der Waals surface area contributed by atoms with Crippen molar-refractivity contribution in [1.82, 2.24) is 4.90 Å². The van der Waals surface area contributed by atoms with E-state index in [1.807, 2.05) is 20.8 Å². The minimum Gasteiger partial charge on any atom is -0.377 e. The molecule has 0 unspecified atom stereocenters. The van der Waals surface area contributed by atoms with E-state index in [9.17, 15) is 14.4 Å². The quantitative estimate of drug-likeness (QED) is 0.851. The van der Waals surface area contributed by atoms with Crippen LogP contribution in [0.5, 0.6) is 0 Å². The first-order chi connectivity index (χ1) is 12.7. The number of methoxy groups -OCH3 is 1. The molecule has 4 atom stereocenters. The second kappa shape index (κ2) is 7.05. The Bertz CT molecular complexity index is 770. The Morgan fingerprint density at radius 1 is 1.30 bits per heavy atom. The van der Waals surface area contributed by atoms with Gasteiger partial charge in [0.15, 0.2) is 5.78 Å². The average molecular weight is 374 g/mol. The maximum Gasteiger partial charge on any atom is 0.249 e. The van der Waals surface area contributed by atoms with E-state index in [0.29, 0.717) is 11.1 Å². The maximum atomic E-state index is 13.6. The first kappa shape index (κ1) is 19.5. The SMILES string of the molecule is CO[C@H]1CN(C(=O)[C@H](c2ccccc2C(N)=O)C(C)(C)C)[C@@H]2C(=O)CO[C@H]12. The molecule has 0 spiro atoms. The zero-order chi connectivity index (χ0) is 19.9. The summed E-state index contributed by atoms with van der Waals surface area (Å²) in [6, 6.07) is 6.23. The van der Waals surface area contributed by atoms with Crippen molar-refractivity contribution >= 4 is 17.6 Å². The van der Waals surface area contributed by atoms with Crippen LogP contribution in [0, 0.1) is 5.41 Å². The lowest BCUT2D eigenvalue weighted by Gasteiger charge is -2.35. The zero-order valence-electron chi connectivity index (χ0n) is 16.1. The molecule has 2 fully saturated rings. The third kappa shape index (κ3) is 3.37. The molecule has 2 saturated heterocycles. The summed E-state index contributed by atoms with van der Waals surface area (Å²) in [7, 11) is 1.55. The number of ether oxygens (including phenoxy) is 2. The highest BCUT2D eigenvalue weighted by Crippen LogP contribution is 2.41. The van der Waals surface area contributed by atoms with E-state index in [0.717, 1.165) is 0 Å². The lowest BCUT2D eigenvalue weighted by Crippen LogP contribution is -2.46. The molecule has 27 heavy (non-hydrogen) atoms. The number of carbonyl (C=O) groups is 3. The molecule has 2 aliphatic heterocycles. The largest absolute Gasteiger partial charge is 0.377 e. The predicted molar refractivity (Wildman–Crippen MR) is 98.2 cm³/mol. The van der Waals surface area contributed by atoms with Crippen molar-refractivity contribution in [2.24, 2.45) is 11.1 Å². The van der Waals surface area contributed by atoms with Gasteiger partial charge in [0, 0.05) is 12.7 Å². The summed E-state index contributed by atoms with van der Waals surface area (Å²) in [4.78, 5) is 39.5. The molecule has 7 nitrogen and oxygen atoms in total. The van der Waals surface area contributed by atoms with E-state index in [1.54, 1.807) is 36.3 Å². The van der Waals surface area contributed by atoms with Gasteiger partial charge in [-0.1, -0.05) is 39.0 Å². The van der Waals surface area contributed by atoms with Crippen molar-refractivity contribution < 1.29 is 23.9 Å². The molecule has 0 radical (unpaired) electrons. The Hall–Kier alpha value is -2.25. The number of hydrogen-bond donors (Lipinski definition) is 1. The summed E-state index contributed by atoms with van der Waals surface area (Å²) in [6.07, 6.45) is -0.796. The number of carbonyl (C=O) groups excluding carboxylic acids is 3. The Morgan fingerprint density at radius 3 is 2.56 bits per heavy atom. The summed E-state index contributed by atoms with van der Waals surface area (Å²) < 4.78 is 11.0. The summed E-state index contributed by atoms with van der Waals surface area (Å²) in [5.74, 6) is -1.55. The number of hydrogen-bond acceptors (Lipinski definition) is 5. The van der Waals surface area contributed by atoms with Crippen LogP contribution >= 0.6 is 0 Å². The van der Waals surface area contributed by atoms with Crippen LogP contribution < -0.4 is 5.73 Å². The number of fused-ring (bicyclic) bond motifs is 1. The number of primary amides is 1. The fourth-order valence-electron chi connectivity index (χ4n) is 4.16. The Labute approximate surface area is 158 Å². The minimum absolute atomic E-state index is 0.0168. The van der Waals surface area contributed by atoms with E-state index >= 15 is 0 Å². The molecule has 0 aliphatic carbocycles. The van der Waals surface area contributed by atoms with E-state index in [4.69, 9.17) is 15.2 Å². The standard InChI is InChI=1S/C20H26N2O5/c1-20(2,3)15(11-7-5-6-8-12(11)18(21)24)19(25)22-9-14(26-4)17-16(22)13(23)10-27-17/h5-8,14-17H,9-10H2,1-4H3,(H2,21,24)/t14-,15-,16+,17+/m0/s1. The first-order valence-corrected chi connectivity index (χ1v) is 9.03. The number of benzene rings is 1. The highest BCUT2D eigenvalue weighted by Gasteiger charge is 2.54. The Balaban J connectivity index is 2.04. The van der Waals surface area contributed by atoms with Gasteiger partial charge in [-0.3, -0.25) is 14.4 Å². The van der Waals surface area contributed by atoms with E-state index in [-0.39, 0.29) is 30.9 Å². The van der Waals surface area contributed by atoms with Crippen LogP contribution in [0.15, 0.2) is 24.3 Å². The maximum absolute atomic E-state index is 13.6. The molecule has 146 valence electrons. The smallest absolute Gasteiger partial charge is 0.249 e. The normalized spacial score (nSPS) is 26.1. The molecule has 2 heterocycles. The highest BCUT2D eigenvalue weighted by molar-refractivity contribution is 5.99. The van der Waals surface area contributed by atoms with Gasteiger partial charge in [-0.2, -0.15) is 0 Å². The number of Topliss-reactive ketones (excluding diaryl/α,β-unsaturated/α-hetero) is 1. The van der Waals surface area contributed by atoms with Crippen LogP contribution in [0.4, 0.5) is 0 Å². The second-order valence-corrected chi connectivity index (χ2v) is 8.20. The lowest BCUT2D eigenvalue weighted by atomic mass is 9.74. The van der Waals surface area contributed by atoms with Crippen molar-refractivity contribution in [1.29, 1.82) is 0 Å². The van der Waals surface area contributed by atoms with Crippen LogP contribution in [0.2, 0.25) is 0 Å². The molecule has 1 aromatic carbocycles. The van der Waals surface area contributed by atoms with Crippen molar-refractivity contribution in [2.45, 2.75) is 44.9 Å². The molecule has 0 aromatic heterocycles. The van der Waals surface area contributed by atoms with Crippen LogP contribution in [0.3, 0.4) is 0 Å². The average Bonchev–Trinajstić information content (AvgIpc) is 3.14. The number of amides is 2. The lowest BCUT2D eigenvalue weighted by molar-refractivity contribution is -0.140. The van der Waals surface area contributed by atoms with Gasteiger partial charge in [0.2, 0.25) is 11.8 Å². The van der Waals surface area contributed by atoms with Crippen molar-refractivity contribution in [3.05, 3.63) is 35.4 Å². The molecule has 3 rings (SSSR count). The molecule has 7 heteroatoms. The van der Waals surface area contributed by atoms with Gasteiger partial charge in [-0.25, -0.2) is 0 Å². The number of ketones is 1. The Kier molecular flexibility index (Phi) is 5.10. The molecular weight excluding hydrogens is 348 g/mol. The van der Waals surface area contributed by atoms with Crippen LogP contribution in [-0.2, 0) is 19.1 Å². The van der Waals surface area contributed by atoms with E-state index in [1.165, 1.54) is 0 Å². The van der Waals surface area contributed by atoms with Gasteiger partial charge >= 0.3 is 0 Å².